The highest BCUT2D eigenvalue weighted by Crippen LogP contribution is 2.36. The molecule has 0 aromatic heterocycles. The molecule has 1 aliphatic heterocycles. The van der Waals surface area contributed by atoms with E-state index in [1.807, 2.05) is 0 Å². The second kappa shape index (κ2) is 4.45. The number of hydrogen-bond acceptors (Lipinski definition) is 4. The van der Waals surface area contributed by atoms with Gasteiger partial charge in [0, 0.05) is 6.42 Å². The number of Topliss-reactive ketones (excluding diaryl/α,β-unsaturated/α-hetero) is 1. The van der Waals surface area contributed by atoms with E-state index in [0.29, 0.717) is 29.9 Å². The molecule has 0 fully saturated rings. The molecule has 1 aromatic rings. The number of carbonyl (C=O) groups excluding carboxylic acids is 2. The molecule has 1 amide bonds. The second-order valence-corrected chi connectivity index (χ2v) is 3.94. The van der Waals surface area contributed by atoms with Gasteiger partial charge in [0.05, 0.1) is 5.56 Å². The lowest BCUT2D eigenvalue weighted by molar-refractivity contribution is -0.116. The molecule has 1 heterocycles. The summed E-state index contributed by atoms with van der Waals surface area (Å²) in [6, 6.07) is 3.43. The lowest BCUT2D eigenvalue weighted by Gasteiger charge is -2.06. The summed E-state index contributed by atoms with van der Waals surface area (Å²) >= 11 is 0. The van der Waals surface area contributed by atoms with E-state index in [2.05, 4.69) is 0 Å². The summed E-state index contributed by atoms with van der Waals surface area (Å²) in [6.07, 6.45) is 0.990. The summed E-state index contributed by atoms with van der Waals surface area (Å²) < 4.78 is 10.4. The van der Waals surface area contributed by atoms with Crippen molar-refractivity contribution in [1.82, 2.24) is 0 Å². The molecular weight excluding hydrogens is 222 g/mol. The van der Waals surface area contributed by atoms with E-state index in [1.54, 1.807) is 12.1 Å². The highest BCUT2D eigenvalue weighted by atomic mass is 16.7. The molecule has 0 radical (unpaired) electrons. The van der Waals surface area contributed by atoms with Gasteiger partial charge in [-0.15, -0.1) is 0 Å². The van der Waals surface area contributed by atoms with Crippen molar-refractivity contribution in [1.29, 1.82) is 0 Å². The maximum absolute atomic E-state index is 11.3. The number of primary amides is 1. The van der Waals surface area contributed by atoms with Crippen molar-refractivity contribution in [3.8, 4) is 11.5 Å². The van der Waals surface area contributed by atoms with Crippen molar-refractivity contribution in [3.05, 3.63) is 23.3 Å². The average Bonchev–Trinajstić information content (AvgIpc) is 2.72. The van der Waals surface area contributed by atoms with Crippen LogP contribution in [0.2, 0.25) is 0 Å². The number of nitrogens with two attached hydrogens (primary N) is 1. The van der Waals surface area contributed by atoms with Gasteiger partial charge in [0.1, 0.15) is 5.78 Å². The van der Waals surface area contributed by atoms with Crippen molar-refractivity contribution in [2.24, 2.45) is 5.73 Å². The van der Waals surface area contributed by atoms with Gasteiger partial charge in [0.15, 0.2) is 11.5 Å². The van der Waals surface area contributed by atoms with Gasteiger partial charge in [0.25, 0.3) is 5.91 Å². The number of amides is 1. The Hall–Kier alpha value is -2.04. The van der Waals surface area contributed by atoms with Crippen molar-refractivity contribution < 1.29 is 19.1 Å². The van der Waals surface area contributed by atoms with Crippen LogP contribution in [0.4, 0.5) is 0 Å². The number of aryl methyl sites for hydroxylation is 1. The summed E-state index contributed by atoms with van der Waals surface area (Å²) in [6.45, 7) is 1.62. The summed E-state index contributed by atoms with van der Waals surface area (Å²) in [4.78, 5) is 22.2. The van der Waals surface area contributed by atoms with Crippen LogP contribution < -0.4 is 15.2 Å². The van der Waals surface area contributed by atoms with Crippen LogP contribution in [0.25, 0.3) is 0 Å². The molecule has 0 atom stereocenters. The predicted octanol–water partition coefficient (Wildman–Crippen LogP) is 1.04. The summed E-state index contributed by atoms with van der Waals surface area (Å²) in [5.74, 6) is 0.448. The number of ether oxygens (including phenoxy) is 2. The zero-order valence-corrected chi connectivity index (χ0v) is 9.49. The number of fused-ring (bicyclic) bond motifs is 1. The third-order valence-electron chi connectivity index (χ3n) is 2.56. The fraction of sp³-hybridized carbons (Fsp3) is 0.333. The number of benzene rings is 1. The molecule has 5 nitrogen and oxygen atoms in total. The van der Waals surface area contributed by atoms with Gasteiger partial charge in [0.2, 0.25) is 6.79 Å². The minimum absolute atomic E-state index is 0.0891. The van der Waals surface area contributed by atoms with Crippen LogP contribution in [0, 0.1) is 0 Å². The largest absolute Gasteiger partial charge is 0.454 e. The van der Waals surface area contributed by atoms with E-state index in [1.165, 1.54) is 6.92 Å². The molecule has 5 heteroatoms. The average molecular weight is 235 g/mol. The Kier molecular flexibility index (Phi) is 2.99. The number of rotatable bonds is 4. The smallest absolute Gasteiger partial charge is 0.252 e. The van der Waals surface area contributed by atoms with Crippen molar-refractivity contribution in [2.75, 3.05) is 6.79 Å². The molecule has 90 valence electrons. The minimum Gasteiger partial charge on any atom is -0.454 e. The van der Waals surface area contributed by atoms with Gasteiger partial charge in [-0.2, -0.15) is 0 Å². The highest BCUT2D eigenvalue weighted by Gasteiger charge is 2.22. The van der Waals surface area contributed by atoms with E-state index in [9.17, 15) is 9.59 Å². The summed E-state index contributed by atoms with van der Waals surface area (Å²) in [5.41, 5.74) is 6.42. The van der Waals surface area contributed by atoms with E-state index >= 15 is 0 Å². The Bertz CT molecular complexity index is 482. The van der Waals surface area contributed by atoms with Crippen LogP contribution in [-0.2, 0) is 11.2 Å². The Labute approximate surface area is 98.5 Å². The third kappa shape index (κ3) is 2.38. The first-order valence-corrected chi connectivity index (χ1v) is 5.29. The number of hydrogen-bond donors (Lipinski definition) is 1. The van der Waals surface area contributed by atoms with Gasteiger partial charge in [-0.1, -0.05) is 0 Å². The molecule has 2 rings (SSSR count). The number of carbonyl (C=O) groups is 2. The molecule has 0 aliphatic carbocycles. The van der Waals surface area contributed by atoms with E-state index in [0.717, 1.165) is 5.56 Å². The fourth-order valence-electron chi connectivity index (χ4n) is 1.71. The van der Waals surface area contributed by atoms with Gasteiger partial charge in [-0.25, -0.2) is 0 Å². The fourth-order valence-corrected chi connectivity index (χ4v) is 1.71. The molecular formula is C12H13NO4. The zero-order chi connectivity index (χ0) is 12.4. The summed E-state index contributed by atoms with van der Waals surface area (Å²) in [7, 11) is 0. The summed E-state index contributed by atoms with van der Waals surface area (Å²) in [5, 5.41) is 0. The zero-order valence-electron chi connectivity index (χ0n) is 9.49. The second-order valence-electron chi connectivity index (χ2n) is 3.94. The minimum atomic E-state index is -0.559. The number of ketones is 1. The van der Waals surface area contributed by atoms with Crippen molar-refractivity contribution >= 4 is 11.7 Å². The van der Waals surface area contributed by atoms with Crippen LogP contribution in [0.15, 0.2) is 12.1 Å². The third-order valence-corrected chi connectivity index (χ3v) is 2.56. The SMILES string of the molecule is CC(=O)CCc1cc2c(c(C(N)=O)c1)OCO2. The maximum Gasteiger partial charge on any atom is 0.252 e. The monoisotopic (exact) mass is 235 g/mol. The molecule has 0 unspecified atom stereocenters. The van der Waals surface area contributed by atoms with Gasteiger partial charge in [-0.05, 0) is 31.0 Å². The van der Waals surface area contributed by atoms with Crippen LogP contribution >= 0.6 is 0 Å². The predicted molar refractivity (Wildman–Crippen MR) is 60.1 cm³/mol. The van der Waals surface area contributed by atoms with E-state index in [4.69, 9.17) is 15.2 Å². The molecule has 1 aromatic carbocycles. The van der Waals surface area contributed by atoms with Crippen molar-refractivity contribution in [3.63, 3.8) is 0 Å². The first kappa shape index (κ1) is 11.4. The van der Waals surface area contributed by atoms with Gasteiger partial charge >= 0.3 is 0 Å². The van der Waals surface area contributed by atoms with Gasteiger partial charge in [-0.3, -0.25) is 4.79 Å². The molecule has 17 heavy (non-hydrogen) atoms. The molecule has 0 spiro atoms. The van der Waals surface area contributed by atoms with Gasteiger partial charge < -0.3 is 20.0 Å². The quantitative estimate of drug-likeness (QED) is 0.845. The van der Waals surface area contributed by atoms with Crippen LogP contribution in [0.5, 0.6) is 11.5 Å². The van der Waals surface area contributed by atoms with Crippen molar-refractivity contribution in [2.45, 2.75) is 19.8 Å². The van der Waals surface area contributed by atoms with Crippen LogP contribution in [0.3, 0.4) is 0 Å². The van der Waals surface area contributed by atoms with Crippen LogP contribution in [0.1, 0.15) is 29.3 Å². The Morgan fingerprint density at radius 2 is 2.12 bits per heavy atom. The molecule has 2 N–H and O–H groups in total. The lowest BCUT2D eigenvalue weighted by atomic mass is 10.0. The molecule has 0 saturated carbocycles. The Morgan fingerprint density at radius 3 is 2.76 bits per heavy atom. The standard InChI is InChI=1S/C12H13NO4/c1-7(14)2-3-8-4-9(12(13)15)11-10(5-8)16-6-17-11/h4-5H,2-3,6H2,1H3,(H2,13,15). The first-order valence-electron chi connectivity index (χ1n) is 5.29. The molecule has 1 aliphatic rings. The maximum atomic E-state index is 11.3. The lowest BCUT2D eigenvalue weighted by Crippen LogP contribution is -2.12. The van der Waals surface area contributed by atoms with Crippen LogP contribution in [-0.4, -0.2) is 18.5 Å². The Balaban J connectivity index is 2.33. The molecule has 0 saturated heterocycles. The van der Waals surface area contributed by atoms with E-state index in [-0.39, 0.29) is 12.6 Å². The highest BCUT2D eigenvalue weighted by molar-refractivity contribution is 5.97. The first-order chi connectivity index (χ1) is 8.08. The molecule has 0 bridgehead atoms. The Morgan fingerprint density at radius 1 is 1.35 bits per heavy atom. The normalized spacial score (nSPS) is 12.5. The topological polar surface area (TPSA) is 78.6 Å². The van der Waals surface area contributed by atoms with E-state index < -0.39 is 5.91 Å².